The highest BCUT2D eigenvalue weighted by molar-refractivity contribution is 14.0. The summed E-state index contributed by atoms with van der Waals surface area (Å²) < 4.78 is 0. The number of nitrogens with zero attached hydrogens (tertiary/aromatic N) is 2. The fourth-order valence-electron chi connectivity index (χ4n) is 3.47. The Balaban J connectivity index is 0.00000300. The minimum absolute atomic E-state index is 0. The molecule has 1 saturated heterocycles. The highest BCUT2D eigenvalue weighted by atomic mass is 127. The number of thiophene rings is 1. The Labute approximate surface area is 194 Å². The number of nitrogens with two attached hydrogens (primary N) is 1. The summed E-state index contributed by atoms with van der Waals surface area (Å²) in [5, 5.41) is 8.96. The first kappa shape index (κ1) is 23.6. The van der Waals surface area contributed by atoms with Crippen molar-refractivity contribution in [2.24, 2.45) is 10.7 Å². The van der Waals surface area contributed by atoms with E-state index in [-0.39, 0.29) is 24.0 Å². The first-order valence-electron chi connectivity index (χ1n) is 9.85. The number of hydrogen-bond acceptors (Lipinski definition) is 4. The predicted octanol–water partition coefficient (Wildman–Crippen LogP) is 3.36. The Morgan fingerprint density at radius 2 is 2.03 bits per heavy atom. The maximum atomic E-state index is 11.4. The third kappa shape index (κ3) is 6.97. The first-order valence-corrected chi connectivity index (χ1v) is 10.7. The molecular formula is C21H30IN5OS. The normalized spacial score (nSPS) is 15.6. The second kappa shape index (κ2) is 12.1. The molecule has 8 heteroatoms. The molecule has 1 amide bonds. The number of benzene rings is 1. The van der Waals surface area contributed by atoms with Gasteiger partial charge in [0.25, 0.3) is 0 Å². The maximum absolute atomic E-state index is 11.4. The van der Waals surface area contributed by atoms with Crippen LogP contribution in [-0.4, -0.2) is 42.9 Å². The maximum Gasteiger partial charge on any atom is 0.248 e. The van der Waals surface area contributed by atoms with E-state index >= 15 is 0 Å². The van der Waals surface area contributed by atoms with E-state index in [1.54, 1.807) is 12.1 Å². The monoisotopic (exact) mass is 527 g/mol. The summed E-state index contributed by atoms with van der Waals surface area (Å²) >= 11 is 1.81. The van der Waals surface area contributed by atoms with Gasteiger partial charge in [0.1, 0.15) is 0 Å². The first-order chi connectivity index (χ1) is 13.7. The Bertz CT molecular complexity index is 790. The summed E-state index contributed by atoms with van der Waals surface area (Å²) in [4.78, 5) is 20.0. The van der Waals surface area contributed by atoms with Gasteiger partial charge in [0.05, 0.1) is 12.6 Å². The molecular weight excluding hydrogens is 497 g/mol. The van der Waals surface area contributed by atoms with Crippen LogP contribution < -0.4 is 16.4 Å². The van der Waals surface area contributed by atoms with E-state index in [9.17, 15) is 4.79 Å². The van der Waals surface area contributed by atoms with Crippen molar-refractivity contribution in [1.82, 2.24) is 15.5 Å². The average molecular weight is 527 g/mol. The second-order valence-electron chi connectivity index (χ2n) is 6.91. The number of carbonyl (C=O) groups is 1. The largest absolute Gasteiger partial charge is 0.366 e. The Kier molecular flexibility index (Phi) is 9.89. The van der Waals surface area contributed by atoms with Crippen LogP contribution in [0.3, 0.4) is 0 Å². The average Bonchev–Trinajstić information content (AvgIpc) is 3.41. The molecule has 0 spiro atoms. The number of amides is 1. The minimum atomic E-state index is -0.416. The summed E-state index contributed by atoms with van der Waals surface area (Å²) in [5.41, 5.74) is 6.84. The highest BCUT2D eigenvalue weighted by Crippen LogP contribution is 2.27. The van der Waals surface area contributed by atoms with E-state index in [0.29, 0.717) is 18.2 Å². The van der Waals surface area contributed by atoms with E-state index < -0.39 is 5.91 Å². The van der Waals surface area contributed by atoms with Crippen LogP contribution in [0.15, 0.2) is 46.8 Å². The predicted molar refractivity (Wildman–Crippen MR) is 131 cm³/mol. The van der Waals surface area contributed by atoms with Crippen molar-refractivity contribution in [3.8, 4) is 0 Å². The number of halogens is 1. The van der Waals surface area contributed by atoms with Gasteiger partial charge < -0.3 is 16.4 Å². The van der Waals surface area contributed by atoms with Crippen LogP contribution in [0.4, 0.5) is 0 Å². The van der Waals surface area contributed by atoms with Crippen LogP contribution in [0.5, 0.6) is 0 Å². The summed E-state index contributed by atoms with van der Waals surface area (Å²) in [5.74, 6) is 0.369. The van der Waals surface area contributed by atoms with Crippen molar-refractivity contribution in [2.45, 2.75) is 32.4 Å². The van der Waals surface area contributed by atoms with Crippen LogP contribution in [-0.2, 0) is 6.54 Å². The molecule has 1 aromatic heterocycles. The summed E-state index contributed by atoms with van der Waals surface area (Å²) in [6.07, 6.45) is 2.54. The van der Waals surface area contributed by atoms with E-state index in [1.165, 1.54) is 17.7 Å². The van der Waals surface area contributed by atoms with Gasteiger partial charge in [-0.3, -0.25) is 9.69 Å². The minimum Gasteiger partial charge on any atom is -0.366 e. The Morgan fingerprint density at radius 3 is 2.69 bits per heavy atom. The molecule has 158 valence electrons. The van der Waals surface area contributed by atoms with Gasteiger partial charge >= 0.3 is 0 Å². The van der Waals surface area contributed by atoms with E-state index in [0.717, 1.165) is 37.7 Å². The number of primary amides is 1. The lowest BCUT2D eigenvalue weighted by atomic mass is 10.1. The SMILES string of the molecule is CCNC(=NCc1cccc(C(N)=O)c1)NCC(c1cccs1)N1CCCC1.I. The second-order valence-corrected chi connectivity index (χ2v) is 7.89. The lowest BCUT2D eigenvalue weighted by Crippen LogP contribution is -2.42. The zero-order valence-electron chi connectivity index (χ0n) is 16.8. The number of hydrogen-bond donors (Lipinski definition) is 3. The van der Waals surface area contributed by atoms with Crippen LogP contribution in [0.2, 0.25) is 0 Å². The van der Waals surface area contributed by atoms with Crippen molar-refractivity contribution in [3.05, 3.63) is 57.8 Å². The number of aliphatic imine (C=N–C) groups is 1. The quantitative estimate of drug-likeness (QED) is 0.280. The third-order valence-corrected chi connectivity index (χ3v) is 5.86. The highest BCUT2D eigenvalue weighted by Gasteiger charge is 2.24. The van der Waals surface area contributed by atoms with Gasteiger partial charge in [-0.25, -0.2) is 4.99 Å². The molecule has 2 aromatic rings. The van der Waals surface area contributed by atoms with Crippen LogP contribution >= 0.6 is 35.3 Å². The summed E-state index contributed by atoms with van der Waals surface area (Å²) in [6.45, 7) is 6.45. The fourth-order valence-corrected chi connectivity index (χ4v) is 4.33. The zero-order chi connectivity index (χ0) is 19.8. The van der Waals surface area contributed by atoms with Crippen molar-refractivity contribution in [1.29, 1.82) is 0 Å². The molecule has 0 saturated carbocycles. The van der Waals surface area contributed by atoms with Crippen molar-refractivity contribution in [2.75, 3.05) is 26.2 Å². The standard InChI is InChI=1S/C21H29N5OS.HI/c1-2-23-21(24-14-16-7-5-8-17(13-16)20(22)27)25-15-18(19-9-6-12-28-19)26-10-3-4-11-26;/h5-9,12-13,18H,2-4,10-11,14-15H2,1H3,(H2,22,27)(H2,23,24,25);1H. The summed E-state index contributed by atoms with van der Waals surface area (Å²) in [7, 11) is 0. The molecule has 2 heterocycles. The molecule has 1 atom stereocenters. The number of guanidine groups is 1. The molecule has 4 N–H and O–H groups in total. The van der Waals surface area contributed by atoms with Crippen LogP contribution in [0.25, 0.3) is 0 Å². The molecule has 1 aliphatic heterocycles. The number of carbonyl (C=O) groups excluding carboxylic acids is 1. The number of likely N-dealkylation sites (tertiary alicyclic amines) is 1. The molecule has 1 aliphatic rings. The molecule has 3 rings (SSSR count). The van der Waals surface area contributed by atoms with E-state index in [4.69, 9.17) is 10.7 Å². The molecule has 1 unspecified atom stereocenters. The zero-order valence-corrected chi connectivity index (χ0v) is 19.9. The molecule has 1 fully saturated rings. The van der Waals surface area contributed by atoms with E-state index in [1.807, 2.05) is 23.5 Å². The van der Waals surface area contributed by atoms with Crippen LogP contribution in [0, 0.1) is 0 Å². The van der Waals surface area contributed by atoms with Gasteiger partial charge in [-0.15, -0.1) is 35.3 Å². The van der Waals surface area contributed by atoms with Crippen molar-refractivity contribution < 1.29 is 4.79 Å². The number of nitrogens with one attached hydrogen (secondary N) is 2. The topological polar surface area (TPSA) is 82.7 Å². The van der Waals surface area contributed by atoms with Gasteiger partial charge in [-0.05, 0) is 62.0 Å². The lowest BCUT2D eigenvalue weighted by Gasteiger charge is -2.27. The molecule has 0 aliphatic carbocycles. The van der Waals surface area contributed by atoms with Gasteiger partial charge in [-0.1, -0.05) is 18.2 Å². The molecule has 0 radical (unpaired) electrons. The van der Waals surface area contributed by atoms with Gasteiger partial charge in [-0.2, -0.15) is 0 Å². The molecule has 6 nitrogen and oxygen atoms in total. The van der Waals surface area contributed by atoms with Gasteiger partial charge in [0.15, 0.2) is 5.96 Å². The van der Waals surface area contributed by atoms with E-state index in [2.05, 4.69) is 40.0 Å². The lowest BCUT2D eigenvalue weighted by molar-refractivity contribution is 0.1000. The Morgan fingerprint density at radius 1 is 1.24 bits per heavy atom. The van der Waals surface area contributed by atoms with Crippen LogP contribution in [0.1, 0.15) is 46.6 Å². The van der Waals surface area contributed by atoms with Crippen molar-refractivity contribution in [3.63, 3.8) is 0 Å². The Hall–Kier alpha value is -1.65. The summed E-state index contributed by atoms with van der Waals surface area (Å²) in [6, 6.07) is 12.0. The molecule has 29 heavy (non-hydrogen) atoms. The smallest absolute Gasteiger partial charge is 0.248 e. The van der Waals surface area contributed by atoms with Gasteiger partial charge in [0, 0.05) is 23.5 Å². The molecule has 0 bridgehead atoms. The number of rotatable bonds is 8. The van der Waals surface area contributed by atoms with Gasteiger partial charge in [0.2, 0.25) is 5.91 Å². The third-order valence-electron chi connectivity index (χ3n) is 4.89. The molecule has 1 aromatic carbocycles. The fraction of sp³-hybridized carbons (Fsp3) is 0.429. The van der Waals surface area contributed by atoms with Crippen molar-refractivity contribution >= 4 is 47.2 Å².